The largest absolute Gasteiger partial charge is 0.497 e. The van der Waals surface area contributed by atoms with Crippen LogP contribution in [0, 0.1) is 12.8 Å². The Kier molecular flexibility index (Phi) is 7.76. The molecule has 0 spiro atoms. The van der Waals surface area contributed by atoms with Crippen molar-refractivity contribution in [1.29, 1.82) is 0 Å². The fraction of sp³-hybridized carbons (Fsp3) is 0.323. The van der Waals surface area contributed by atoms with E-state index < -0.39 is 0 Å². The summed E-state index contributed by atoms with van der Waals surface area (Å²) in [6.45, 7) is 5.55. The van der Waals surface area contributed by atoms with Gasteiger partial charge in [-0.3, -0.25) is 4.79 Å². The number of benzene rings is 3. The molecule has 0 bridgehead atoms. The number of carbonyl (C=O) groups excluding carboxylic acids is 1. The van der Waals surface area contributed by atoms with Crippen molar-refractivity contribution in [3.63, 3.8) is 0 Å². The maximum atomic E-state index is 13.2. The lowest BCUT2D eigenvalue weighted by molar-refractivity contribution is -0.126. The van der Waals surface area contributed by atoms with E-state index in [1.165, 1.54) is 5.56 Å². The molecule has 2 aliphatic rings. The van der Waals surface area contributed by atoms with Gasteiger partial charge in [0.1, 0.15) is 12.4 Å². The molecule has 192 valence electrons. The maximum absolute atomic E-state index is 13.2. The van der Waals surface area contributed by atoms with Gasteiger partial charge in [-0.1, -0.05) is 36.4 Å². The first-order valence-corrected chi connectivity index (χ1v) is 12.8. The first-order valence-electron chi connectivity index (χ1n) is 12.8. The summed E-state index contributed by atoms with van der Waals surface area (Å²) in [5.74, 6) is 2.56. The molecule has 6 heteroatoms. The summed E-state index contributed by atoms with van der Waals surface area (Å²) in [6, 6.07) is 20.1. The summed E-state index contributed by atoms with van der Waals surface area (Å²) in [6.07, 6.45) is 4.45. The fourth-order valence-electron chi connectivity index (χ4n) is 4.74. The Hall–Kier alpha value is -3.77. The molecular weight excluding hydrogens is 466 g/mol. The van der Waals surface area contributed by atoms with Crippen molar-refractivity contribution >= 4 is 12.0 Å². The van der Waals surface area contributed by atoms with Crippen LogP contribution in [-0.2, 0) is 16.1 Å². The van der Waals surface area contributed by atoms with E-state index in [4.69, 9.17) is 18.9 Å². The van der Waals surface area contributed by atoms with Crippen molar-refractivity contribution in [2.75, 3.05) is 40.1 Å². The smallest absolute Gasteiger partial charge is 0.246 e. The standard InChI is InChI=1S/C31H33NO5/c1-22-5-3-4-6-28(22)25-17-26-19-32(30(33)12-9-23-7-10-27(34-2)11-8-23)14-16-36-31(26)29(18-25)37-21-24-13-15-35-20-24/h3-12,17-18,24H,13-16,19-21H2,1-2H3/b12-9+. The van der Waals surface area contributed by atoms with Gasteiger partial charge in [-0.2, -0.15) is 0 Å². The summed E-state index contributed by atoms with van der Waals surface area (Å²) in [5, 5.41) is 0. The average Bonchev–Trinajstić information content (AvgIpc) is 3.35. The number of methoxy groups -OCH3 is 1. The van der Waals surface area contributed by atoms with Crippen LogP contribution in [0.1, 0.15) is 23.1 Å². The van der Waals surface area contributed by atoms with E-state index in [9.17, 15) is 4.79 Å². The fourth-order valence-corrected chi connectivity index (χ4v) is 4.74. The van der Waals surface area contributed by atoms with Gasteiger partial charge in [-0.25, -0.2) is 0 Å². The SMILES string of the molecule is COc1ccc(/C=C/C(=O)N2CCOc3c(cc(-c4ccccc4C)cc3OCC3CCOC3)C2)cc1. The lowest BCUT2D eigenvalue weighted by atomic mass is 9.97. The molecule has 37 heavy (non-hydrogen) atoms. The zero-order valence-electron chi connectivity index (χ0n) is 21.4. The number of ether oxygens (including phenoxy) is 4. The van der Waals surface area contributed by atoms with Crippen LogP contribution in [0.3, 0.4) is 0 Å². The van der Waals surface area contributed by atoms with Gasteiger partial charge in [0.25, 0.3) is 0 Å². The van der Waals surface area contributed by atoms with Crippen LogP contribution in [0.5, 0.6) is 17.2 Å². The van der Waals surface area contributed by atoms with Crippen LogP contribution < -0.4 is 14.2 Å². The molecule has 1 amide bonds. The van der Waals surface area contributed by atoms with Gasteiger partial charge in [-0.05, 0) is 65.9 Å². The van der Waals surface area contributed by atoms with Gasteiger partial charge >= 0.3 is 0 Å². The Bertz CT molecular complexity index is 1260. The second-order valence-corrected chi connectivity index (χ2v) is 9.53. The van der Waals surface area contributed by atoms with Crippen LogP contribution in [0.2, 0.25) is 0 Å². The van der Waals surface area contributed by atoms with Crippen LogP contribution in [0.15, 0.2) is 66.7 Å². The zero-order chi connectivity index (χ0) is 25.6. The van der Waals surface area contributed by atoms with Crippen molar-refractivity contribution < 1.29 is 23.7 Å². The quantitative estimate of drug-likeness (QED) is 0.401. The molecule has 0 aliphatic carbocycles. The number of fused-ring (bicyclic) bond motifs is 1. The third-order valence-corrected chi connectivity index (χ3v) is 6.90. The first kappa shape index (κ1) is 24.9. The summed E-state index contributed by atoms with van der Waals surface area (Å²) in [5.41, 5.74) is 5.26. The van der Waals surface area contributed by atoms with Crippen LogP contribution >= 0.6 is 0 Å². The topological polar surface area (TPSA) is 57.2 Å². The van der Waals surface area contributed by atoms with Crippen molar-refractivity contribution in [1.82, 2.24) is 4.90 Å². The van der Waals surface area contributed by atoms with Gasteiger partial charge in [0, 0.05) is 30.7 Å². The van der Waals surface area contributed by atoms with Gasteiger partial charge in [0.15, 0.2) is 11.5 Å². The summed E-state index contributed by atoms with van der Waals surface area (Å²) >= 11 is 0. The Labute approximate surface area is 218 Å². The maximum Gasteiger partial charge on any atom is 0.246 e. The minimum absolute atomic E-state index is 0.0564. The Morgan fingerprint density at radius 2 is 1.95 bits per heavy atom. The summed E-state index contributed by atoms with van der Waals surface area (Å²) in [4.78, 5) is 15.0. The summed E-state index contributed by atoms with van der Waals surface area (Å²) < 4.78 is 23.3. The average molecular weight is 500 g/mol. The molecule has 2 aliphatic heterocycles. The van der Waals surface area contributed by atoms with Crippen molar-refractivity contribution in [3.05, 3.63) is 83.4 Å². The number of rotatable bonds is 7. The van der Waals surface area contributed by atoms with Gasteiger partial charge in [0.2, 0.25) is 5.91 Å². The molecule has 5 rings (SSSR count). The number of hydrogen-bond acceptors (Lipinski definition) is 5. The van der Waals surface area contributed by atoms with E-state index in [0.29, 0.717) is 32.2 Å². The third kappa shape index (κ3) is 5.97. The lowest BCUT2D eigenvalue weighted by Gasteiger charge is -2.20. The molecule has 3 aromatic carbocycles. The van der Waals surface area contributed by atoms with Gasteiger partial charge in [-0.15, -0.1) is 0 Å². The summed E-state index contributed by atoms with van der Waals surface area (Å²) in [7, 11) is 1.64. The van der Waals surface area contributed by atoms with E-state index in [0.717, 1.165) is 59.1 Å². The van der Waals surface area contributed by atoms with Crippen molar-refractivity contribution in [3.8, 4) is 28.4 Å². The number of carbonyl (C=O) groups is 1. The van der Waals surface area contributed by atoms with E-state index in [-0.39, 0.29) is 5.91 Å². The molecule has 0 N–H and O–H groups in total. The number of nitrogens with zero attached hydrogens (tertiary/aromatic N) is 1. The Morgan fingerprint density at radius 1 is 1.11 bits per heavy atom. The predicted molar refractivity (Wildman–Crippen MR) is 144 cm³/mol. The molecule has 2 heterocycles. The molecule has 0 radical (unpaired) electrons. The van der Waals surface area contributed by atoms with Gasteiger partial charge in [0.05, 0.1) is 26.9 Å². The number of amides is 1. The second kappa shape index (κ2) is 11.5. The lowest BCUT2D eigenvalue weighted by Crippen LogP contribution is -2.30. The molecule has 1 saturated heterocycles. The zero-order valence-corrected chi connectivity index (χ0v) is 21.4. The van der Waals surface area contributed by atoms with Crippen molar-refractivity contribution in [2.45, 2.75) is 19.9 Å². The molecule has 1 unspecified atom stereocenters. The molecule has 3 aromatic rings. The highest BCUT2D eigenvalue weighted by molar-refractivity contribution is 5.92. The molecule has 0 saturated carbocycles. The number of hydrogen-bond donors (Lipinski definition) is 0. The van der Waals surface area contributed by atoms with Crippen molar-refractivity contribution in [2.24, 2.45) is 5.92 Å². The highest BCUT2D eigenvalue weighted by atomic mass is 16.5. The first-order chi connectivity index (χ1) is 18.1. The molecular formula is C31H33NO5. The van der Waals surface area contributed by atoms with E-state index in [1.807, 2.05) is 47.4 Å². The third-order valence-electron chi connectivity index (χ3n) is 6.90. The highest BCUT2D eigenvalue weighted by Crippen LogP contribution is 2.39. The van der Waals surface area contributed by atoms with E-state index in [2.05, 4.69) is 31.2 Å². The minimum Gasteiger partial charge on any atom is -0.497 e. The Balaban J connectivity index is 1.41. The minimum atomic E-state index is -0.0564. The molecule has 0 aromatic heterocycles. The molecule has 1 fully saturated rings. The van der Waals surface area contributed by atoms with Crippen LogP contribution in [0.4, 0.5) is 0 Å². The molecule has 6 nitrogen and oxygen atoms in total. The van der Waals surface area contributed by atoms with Gasteiger partial charge < -0.3 is 23.8 Å². The second-order valence-electron chi connectivity index (χ2n) is 9.53. The van der Waals surface area contributed by atoms with E-state index >= 15 is 0 Å². The van der Waals surface area contributed by atoms with Crippen LogP contribution in [0.25, 0.3) is 17.2 Å². The predicted octanol–water partition coefficient (Wildman–Crippen LogP) is 5.52. The number of aryl methyl sites for hydroxylation is 1. The highest BCUT2D eigenvalue weighted by Gasteiger charge is 2.24. The Morgan fingerprint density at radius 3 is 2.70 bits per heavy atom. The monoisotopic (exact) mass is 499 g/mol. The van der Waals surface area contributed by atoms with E-state index in [1.54, 1.807) is 13.2 Å². The van der Waals surface area contributed by atoms with Crippen LogP contribution in [-0.4, -0.2) is 50.9 Å². The molecule has 1 atom stereocenters. The normalized spacial score (nSPS) is 17.2.